The molecular formula is C23H38N4O2. The monoisotopic (exact) mass is 402 g/mol. The molecule has 1 aromatic carbocycles. The van der Waals surface area contributed by atoms with E-state index in [4.69, 9.17) is 9.47 Å². The standard InChI is InChI=1S/C23H38N4O2/c1-19-9-13-27(14-10-19)22(20-7-4-3-5-8-20)17-26-23(24-2)25-12-6-15-29-21-11-16-28-18-21/h3-5,7-8,19,21-22H,6,9-18H2,1-2H3,(H2,24,25,26). The highest BCUT2D eigenvalue weighted by Gasteiger charge is 2.24. The molecule has 0 aliphatic carbocycles. The van der Waals surface area contributed by atoms with Crippen molar-refractivity contribution >= 4 is 5.96 Å². The second kappa shape index (κ2) is 12.2. The van der Waals surface area contributed by atoms with Gasteiger partial charge in [0, 0.05) is 33.4 Å². The number of benzene rings is 1. The van der Waals surface area contributed by atoms with E-state index in [9.17, 15) is 0 Å². The van der Waals surface area contributed by atoms with E-state index in [0.717, 1.165) is 70.7 Å². The van der Waals surface area contributed by atoms with E-state index >= 15 is 0 Å². The number of hydrogen-bond acceptors (Lipinski definition) is 4. The maximum atomic E-state index is 5.83. The van der Waals surface area contributed by atoms with Gasteiger partial charge in [0.1, 0.15) is 0 Å². The molecule has 0 aromatic heterocycles. The molecule has 2 unspecified atom stereocenters. The highest BCUT2D eigenvalue weighted by Crippen LogP contribution is 2.26. The number of rotatable bonds is 9. The Hall–Kier alpha value is -1.63. The quantitative estimate of drug-likeness (QED) is 0.378. The van der Waals surface area contributed by atoms with Crippen molar-refractivity contribution in [2.24, 2.45) is 10.9 Å². The smallest absolute Gasteiger partial charge is 0.191 e. The summed E-state index contributed by atoms with van der Waals surface area (Å²) in [5.41, 5.74) is 1.37. The fraction of sp³-hybridized carbons (Fsp3) is 0.696. The van der Waals surface area contributed by atoms with Crippen LogP contribution in [0.1, 0.15) is 44.2 Å². The number of ether oxygens (including phenoxy) is 2. The van der Waals surface area contributed by atoms with Crippen molar-refractivity contribution in [1.29, 1.82) is 0 Å². The minimum Gasteiger partial charge on any atom is -0.379 e. The van der Waals surface area contributed by atoms with Gasteiger partial charge in [0.15, 0.2) is 5.96 Å². The van der Waals surface area contributed by atoms with Crippen LogP contribution in [0.3, 0.4) is 0 Å². The lowest BCUT2D eigenvalue weighted by Gasteiger charge is -2.37. The van der Waals surface area contributed by atoms with Crippen molar-refractivity contribution < 1.29 is 9.47 Å². The van der Waals surface area contributed by atoms with E-state index < -0.39 is 0 Å². The van der Waals surface area contributed by atoms with Gasteiger partial charge >= 0.3 is 0 Å². The van der Waals surface area contributed by atoms with Gasteiger partial charge in [0.2, 0.25) is 0 Å². The van der Waals surface area contributed by atoms with Crippen LogP contribution in [0, 0.1) is 5.92 Å². The van der Waals surface area contributed by atoms with Crippen LogP contribution in [0.2, 0.25) is 0 Å². The van der Waals surface area contributed by atoms with Crippen molar-refractivity contribution in [3.63, 3.8) is 0 Å². The van der Waals surface area contributed by atoms with Gasteiger partial charge in [-0.1, -0.05) is 37.3 Å². The maximum absolute atomic E-state index is 5.83. The third kappa shape index (κ3) is 7.28. The first-order chi connectivity index (χ1) is 14.3. The minimum absolute atomic E-state index is 0.284. The summed E-state index contributed by atoms with van der Waals surface area (Å²) < 4.78 is 11.2. The Balaban J connectivity index is 1.44. The van der Waals surface area contributed by atoms with Crippen molar-refractivity contribution in [2.75, 3.05) is 53.0 Å². The molecule has 162 valence electrons. The summed E-state index contributed by atoms with van der Waals surface area (Å²) in [5, 5.41) is 6.97. The summed E-state index contributed by atoms with van der Waals surface area (Å²) in [6, 6.07) is 11.2. The molecule has 2 fully saturated rings. The Bertz CT molecular complexity index is 596. The third-order valence-electron chi connectivity index (χ3n) is 5.98. The fourth-order valence-corrected chi connectivity index (χ4v) is 4.06. The predicted molar refractivity (Wildman–Crippen MR) is 118 cm³/mol. The second-order valence-corrected chi connectivity index (χ2v) is 8.23. The predicted octanol–water partition coefficient (Wildman–Crippen LogP) is 2.82. The Morgan fingerprint density at radius 3 is 2.69 bits per heavy atom. The van der Waals surface area contributed by atoms with Gasteiger partial charge in [0.05, 0.1) is 18.8 Å². The number of nitrogens with zero attached hydrogens (tertiary/aromatic N) is 2. The molecular weight excluding hydrogens is 364 g/mol. The summed E-state index contributed by atoms with van der Waals surface area (Å²) in [4.78, 5) is 7.02. The van der Waals surface area contributed by atoms with Crippen molar-refractivity contribution in [3.8, 4) is 0 Å². The third-order valence-corrected chi connectivity index (χ3v) is 5.98. The molecule has 0 radical (unpaired) electrons. The molecule has 3 rings (SSSR count). The lowest BCUT2D eigenvalue weighted by molar-refractivity contribution is 0.0420. The Morgan fingerprint density at radius 1 is 1.21 bits per heavy atom. The largest absolute Gasteiger partial charge is 0.379 e. The zero-order valence-corrected chi connectivity index (χ0v) is 18.1. The fourth-order valence-electron chi connectivity index (χ4n) is 4.06. The van der Waals surface area contributed by atoms with E-state index in [1.165, 1.54) is 18.4 Å². The van der Waals surface area contributed by atoms with E-state index in [1.807, 2.05) is 7.05 Å². The van der Waals surface area contributed by atoms with Crippen LogP contribution in [0.5, 0.6) is 0 Å². The van der Waals surface area contributed by atoms with Gasteiger partial charge < -0.3 is 20.1 Å². The van der Waals surface area contributed by atoms with E-state index in [-0.39, 0.29) is 6.10 Å². The molecule has 0 spiro atoms. The molecule has 2 heterocycles. The average molecular weight is 403 g/mol. The first-order valence-corrected chi connectivity index (χ1v) is 11.2. The van der Waals surface area contributed by atoms with Crippen LogP contribution in [-0.4, -0.2) is 70.0 Å². The zero-order valence-electron chi connectivity index (χ0n) is 18.1. The molecule has 29 heavy (non-hydrogen) atoms. The van der Waals surface area contributed by atoms with E-state index in [0.29, 0.717) is 6.04 Å². The molecule has 6 nitrogen and oxygen atoms in total. The van der Waals surface area contributed by atoms with E-state index in [1.54, 1.807) is 0 Å². The van der Waals surface area contributed by atoms with Crippen LogP contribution in [0.15, 0.2) is 35.3 Å². The van der Waals surface area contributed by atoms with Crippen molar-refractivity contribution in [3.05, 3.63) is 35.9 Å². The molecule has 0 bridgehead atoms. The van der Waals surface area contributed by atoms with Crippen molar-refractivity contribution in [1.82, 2.24) is 15.5 Å². The summed E-state index contributed by atoms with van der Waals surface area (Å²) in [5.74, 6) is 1.70. The molecule has 0 amide bonds. The second-order valence-electron chi connectivity index (χ2n) is 8.23. The SMILES string of the molecule is CN=C(NCCCOC1CCOC1)NCC(c1ccccc1)N1CCC(C)CC1. The lowest BCUT2D eigenvalue weighted by atomic mass is 9.95. The number of likely N-dealkylation sites (tertiary alicyclic amines) is 1. The Labute approximate surface area is 176 Å². The van der Waals surface area contributed by atoms with Crippen LogP contribution in [0.4, 0.5) is 0 Å². The van der Waals surface area contributed by atoms with Crippen LogP contribution in [0.25, 0.3) is 0 Å². The normalized spacial score (nSPS) is 22.6. The maximum Gasteiger partial charge on any atom is 0.191 e. The molecule has 2 aliphatic rings. The molecule has 2 saturated heterocycles. The van der Waals surface area contributed by atoms with Gasteiger partial charge in [-0.3, -0.25) is 9.89 Å². The number of piperidine rings is 1. The first kappa shape index (κ1) is 22.1. The molecule has 2 atom stereocenters. The van der Waals surface area contributed by atoms with Gasteiger partial charge in [-0.15, -0.1) is 0 Å². The zero-order chi connectivity index (χ0) is 20.3. The van der Waals surface area contributed by atoms with Gasteiger partial charge in [-0.25, -0.2) is 0 Å². The molecule has 0 saturated carbocycles. The van der Waals surface area contributed by atoms with Crippen LogP contribution in [-0.2, 0) is 9.47 Å². The average Bonchev–Trinajstić information content (AvgIpc) is 3.27. The first-order valence-electron chi connectivity index (χ1n) is 11.2. The number of hydrogen-bond donors (Lipinski definition) is 2. The summed E-state index contributed by atoms with van der Waals surface area (Å²) in [6.07, 6.45) is 4.83. The summed E-state index contributed by atoms with van der Waals surface area (Å²) in [6.45, 7) is 8.73. The minimum atomic E-state index is 0.284. The molecule has 2 aliphatic heterocycles. The highest BCUT2D eigenvalue weighted by molar-refractivity contribution is 5.79. The summed E-state index contributed by atoms with van der Waals surface area (Å²) >= 11 is 0. The molecule has 1 aromatic rings. The summed E-state index contributed by atoms with van der Waals surface area (Å²) in [7, 11) is 1.84. The molecule has 2 N–H and O–H groups in total. The van der Waals surface area contributed by atoms with Gasteiger partial charge in [-0.2, -0.15) is 0 Å². The highest BCUT2D eigenvalue weighted by atomic mass is 16.5. The van der Waals surface area contributed by atoms with Crippen LogP contribution < -0.4 is 10.6 Å². The van der Waals surface area contributed by atoms with Crippen LogP contribution >= 0.6 is 0 Å². The van der Waals surface area contributed by atoms with E-state index in [2.05, 4.69) is 57.8 Å². The van der Waals surface area contributed by atoms with Gasteiger partial charge in [0.25, 0.3) is 0 Å². The van der Waals surface area contributed by atoms with Gasteiger partial charge in [-0.05, 0) is 50.3 Å². The number of nitrogens with one attached hydrogen (secondary N) is 2. The van der Waals surface area contributed by atoms with Crippen molar-refractivity contribution in [2.45, 2.75) is 44.8 Å². The topological polar surface area (TPSA) is 58.1 Å². The number of aliphatic imine (C=N–C) groups is 1. The molecule has 6 heteroatoms. The Morgan fingerprint density at radius 2 is 2.00 bits per heavy atom. The Kier molecular flexibility index (Phi) is 9.25. The lowest BCUT2D eigenvalue weighted by Crippen LogP contribution is -2.45. The number of guanidine groups is 1.